The molecule has 0 saturated heterocycles. The summed E-state index contributed by atoms with van der Waals surface area (Å²) in [6.07, 6.45) is 1.92. The zero-order valence-electron chi connectivity index (χ0n) is 20.5. The zero-order valence-corrected chi connectivity index (χ0v) is 22.7. The van der Waals surface area contributed by atoms with Crippen LogP contribution in [-0.2, 0) is 11.8 Å². The Morgan fingerprint density at radius 1 is 1.21 bits per heavy atom. The first-order valence-electron chi connectivity index (χ1n) is 11.1. The molecule has 3 aromatic rings. The maximum Gasteiger partial charge on any atom is 0.443 e. The number of aromatic nitrogens is 2. The first-order valence-corrected chi connectivity index (χ1v) is 12.2. The van der Waals surface area contributed by atoms with Gasteiger partial charge in [-0.1, -0.05) is 13.8 Å². The van der Waals surface area contributed by atoms with Crippen LogP contribution in [0.25, 0.3) is 21.7 Å². The van der Waals surface area contributed by atoms with Gasteiger partial charge in [0.2, 0.25) is 0 Å². The predicted molar refractivity (Wildman–Crippen MR) is 140 cm³/mol. The van der Waals surface area contributed by atoms with E-state index in [0.717, 1.165) is 20.8 Å². The quantitative estimate of drug-likeness (QED) is 0.217. The molecule has 1 amide bonds. The number of hydroxylamine groups is 2. The number of fused-ring (bicyclic) bond motifs is 3. The van der Waals surface area contributed by atoms with Gasteiger partial charge in [-0.2, -0.15) is 0 Å². The Morgan fingerprint density at radius 2 is 1.88 bits per heavy atom. The minimum Gasteiger partial charge on any atom is -0.442 e. The van der Waals surface area contributed by atoms with E-state index in [-0.39, 0.29) is 11.6 Å². The SMILES string of the molecule is Cc1nccc2c1c(=O)n(C)c1cc(ON(C(=O)OC(C)(C)C)[C@@H](C)CC(C)C)c(I)cc21. The van der Waals surface area contributed by atoms with Gasteiger partial charge < -0.3 is 14.1 Å². The van der Waals surface area contributed by atoms with Crippen LogP contribution in [0.3, 0.4) is 0 Å². The molecular weight excluding hydrogens is 533 g/mol. The largest absolute Gasteiger partial charge is 0.443 e. The van der Waals surface area contributed by atoms with E-state index in [1.165, 1.54) is 5.06 Å². The topological polar surface area (TPSA) is 73.7 Å². The van der Waals surface area contributed by atoms with Crippen LogP contribution in [-0.4, -0.2) is 32.4 Å². The van der Waals surface area contributed by atoms with Gasteiger partial charge in [0, 0.05) is 24.7 Å². The molecule has 0 aliphatic rings. The van der Waals surface area contributed by atoms with Gasteiger partial charge in [-0.3, -0.25) is 9.78 Å². The van der Waals surface area contributed by atoms with Crippen molar-refractivity contribution < 1.29 is 14.4 Å². The lowest BCUT2D eigenvalue weighted by molar-refractivity contribution is -0.0970. The number of carbonyl (C=O) groups is 1. The Morgan fingerprint density at radius 3 is 2.48 bits per heavy atom. The smallest absolute Gasteiger partial charge is 0.442 e. The second kappa shape index (κ2) is 9.48. The highest BCUT2D eigenvalue weighted by Crippen LogP contribution is 2.32. The van der Waals surface area contributed by atoms with Crippen molar-refractivity contribution in [3.05, 3.63) is 44.0 Å². The summed E-state index contributed by atoms with van der Waals surface area (Å²) in [5.74, 6) is 0.859. The van der Waals surface area contributed by atoms with Crippen LogP contribution in [0.5, 0.6) is 5.75 Å². The highest BCUT2D eigenvalue weighted by Gasteiger charge is 2.29. The van der Waals surface area contributed by atoms with Gasteiger partial charge in [0.1, 0.15) is 5.60 Å². The molecule has 2 heterocycles. The van der Waals surface area contributed by atoms with Crippen molar-refractivity contribution in [1.82, 2.24) is 14.6 Å². The van der Waals surface area contributed by atoms with Crippen molar-refractivity contribution >= 4 is 50.4 Å². The number of hydrogen-bond donors (Lipinski definition) is 0. The third kappa shape index (κ3) is 5.42. The molecule has 0 fully saturated rings. The lowest BCUT2D eigenvalue weighted by Crippen LogP contribution is -2.45. The van der Waals surface area contributed by atoms with Crippen LogP contribution >= 0.6 is 22.6 Å². The monoisotopic (exact) mass is 565 g/mol. The van der Waals surface area contributed by atoms with E-state index in [4.69, 9.17) is 9.57 Å². The molecule has 3 rings (SSSR count). The lowest BCUT2D eigenvalue weighted by Gasteiger charge is -2.31. The number of pyridine rings is 2. The minimum absolute atomic E-state index is 0.118. The maximum absolute atomic E-state index is 13.1. The summed E-state index contributed by atoms with van der Waals surface area (Å²) in [6, 6.07) is 5.45. The molecule has 7 nitrogen and oxygen atoms in total. The molecule has 2 aromatic heterocycles. The summed E-state index contributed by atoms with van der Waals surface area (Å²) in [6.45, 7) is 13.5. The first kappa shape index (κ1) is 25.3. The molecule has 0 N–H and O–H groups in total. The van der Waals surface area contributed by atoms with Crippen LogP contribution in [0.4, 0.5) is 4.79 Å². The van der Waals surface area contributed by atoms with Crippen LogP contribution in [0.1, 0.15) is 53.7 Å². The van der Waals surface area contributed by atoms with Crippen LogP contribution in [0.2, 0.25) is 0 Å². The number of ether oxygens (including phenoxy) is 1. The average Bonchev–Trinajstić information content (AvgIpc) is 2.68. The minimum atomic E-state index is -0.651. The standard InChI is InChI=1S/C25H32IN3O4/c1-14(2)11-15(3)29(24(31)32-25(5,6)7)33-21-13-20-18(12-19(21)26)17-9-10-27-16(4)22(17)23(30)28(20)8/h9-10,12-15H,11H2,1-8H3/t15-/m0/s1. The summed E-state index contributed by atoms with van der Waals surface area (Å²) in [5.41, 5.74) is 0.646. The fourth-order valence-corrected chi connectivity index (χ4v) is 4.51. The first-order chi connectivity index (χ1) is 15.3. The number of benzene rings is 1. The molecular formula is C25H32IN3O4. The molecule has 178 valence electrons. The molecule has 0 saturated carbocycles. The number of rotatable bonds is 5. The van der Waals surface area contributed by atoms with E-state index >= 15 is 0 Å². The summed E-state index contributed by atoms with van der Waals surface area (Å²) >= 11 is 2.20. The number of aryl methyl sites for hydroxylation is 2. The van der Waals surface area contributed by atoms with Gasteiger partial charge in [-0.25, -0.2) is 4.79 Å². The zero-order chi connectivity index (χ0) is 24.7. The molecule has 0 aliphatic carbocycles. The molecule has 0 spiro atoms. The summed E-state index contributed by atoms with van der Waals surface area (Å²) in [7, 11) is 1.74. The molecule has 1 atom stereocenters. The molecule has 8 heteroatoms. The van der Waals surface area contributed by atoms with E-state index in [1.54, 1.807) is 17.8 Å². The van der Waals surface area contributed by atoms with E-state index in [2.05, 4.69) is 41.4 Å². The normalized spacial score (nSPS) is 12.9. The second-order valence-corrected chi connectivity index (χ2v) is 11.0. The Kier molecular flexibility index (Phi) is 7.26. The third-order valence-corrected chi connectivity index (χ3v) is 6.19. The van der Waals surface area contributed by atoms with E-state index in [9.17, 15) is 9.59 Å². The van der Waals surface area contributed by atoms with Crippen molar-refractivity contribution in [2.75, 3.05) is 0 Å². The highest BCUT2D eigenvalue weighted by molar-refractivity contribution is 14.1. The fourth-order valence-electron chi connectivity index (χ4n) is 3.94. The van der Waals surface area contributed by atoms with Crippen LogP contribution in [0.15, 0.2) is 29.2 Å². The van der Waals surface area contributed by atoms with Crippen LogP contribution < -0.4 is 10.4 Å². The Labute approximate surface area is 208 Å². The number of nitrogens with zero attached hydrogens (tertiary/aromatic N) is 3. The number of amides is 1. The van der Waals surface area contributed by atoms with E-state index in [1.807, 2.05) is 52.8 Å². The fraction of sp³-hybridized carbons (Fsp3) is 0.480. The predicted octanol–water partition coefficient (Wildman–Crippen LogP) is 5.97. The molecule has 1 aromatic carbocycles. The maximum atomic E-state index is 13.1. The third-order valence-electron chi connectivity index (χ3n) is 5.34. The van der Waals surface area contributed by atoms with Gasteiger partial charge >= 0.3 is 6.09 Å². The molecule has 0 aliphatic heterocycles. The summed E-state index contributed by atoms with van der Waals surface area (Å²) in [5, 5.41) is 3.69. The van der Waals surface area contributed by atoms with Gasteiger partial charge in [-0.05, 0) is 87.1 Å². The van der Waals surface area contributed by atoms with Crippen molar-refractivity contribution in [2.45, 2.75) is 66.5 Å². The molecule has 0 radical (unpaired) electrons. The highest BCUT2D eigenvalue weighted by atomic mass is 127. The lowest BCUT2D eigenvalue weighted by atomic mass is 10.1. The second-order valence-electron chi connectivity index (χ2n) is 9.86. The number of halogens is 1. The number of carbonyl (C=O) groups excluding carboxylic acids is 1. The number of hydrogen-bond acceptors (Lipinski definition) is 5. The molecule has 33 heavy (non-hydrogen) atoms. The van der Waals surface area contributed by atoms with Crippen molar-refractivity contribution in [2.24, 2.45) is 13.0 Å². The molecule has 0 unspecified atom stereocenters. The Balaban J connectivity index is 2.13. The van der Waals surface area contributed by atoms with Gasteiger partial charge in [0.15, 0.2) is 5.75 Å². The van der Waals surface area contributed by atoms with Gasteiger partial charge in [0.05, 0.1) is 26.2 Å². The van der Waals surface area contributed by atoms with Gasteiger partial charge in [0.25, 0.3) is 5.56 Å². The summed E-state index contributed by atoms with van der Waals surface area (Å²) < 4.78 is 8.03. The van der Waals surface area contributed by atoms with Crippen molar-refractivity contribution in [3.8, 4) is 5.75 Å². The Bertz CT molecular complexity index is 1260. The van der Waals surface area contributed by atoms with Crippen molar-refractivity contribution in [1.29, 1.82) is 0 Å². The van der Waals surface area contributed by atoms with Crippen LogP contribution in [0, 0.1) is 16.4 Å². The Hall–Kier alpha value is -2.36. The van der Waals surface area contributed by atoms with Crippen molar-refractivity contribution in [3.63, 3.8) is 0 Å². The summed E-state index contributed by atoms with van der Waals surface area (Å²) in [4.78, 5) is 36.5. The average molecular weight is 565 g/mol. The van der Waals surface area contributed by atoms with E-state index < -0.39 is 11.7 Å². The van der Waals surface area contributed by atoms with E-state index in [0.29, 0.717) is 28.3 Å². The molecule has 0 bridgehead atoms. The van der Waals surface area contributed by atoms with Gasteiger partial charge in [-0.15, -0.1) is 5.06 Å².